The van der Waals surface area contributed by atoms with Gasteiger partial charge in [-0.05, 0) is 29.9 Å². The fourth-order valence-corrected chi connectivity index (χ4v) is 3.19. The number of amides is 2. The van der Waals surface area contributed by atoms with E-state index in [1.807, 2.05) is 12.1 Å². The van der Waals surface area contributed by atoms with Crippen LogP contribution >= 0.6 is 0 Å². The van der Waals surface area contributed by atoms with Crippen LogP contribution in [0.15, 0.2) is 24.3 Å². The van der Waals surface area contributed by atoms with Gasteiger partial charge in [-0.2, -0.15) is 0 Å². The summed E-state index contributed by atoms with van der Waals surface area (Å²) in [6, 6.07) is 7.64. The Labute approximate surface area is 131 Å². The molecule has 1 saturated heterocycles. The van der Waals surface area contributed by atoms with Crippen molar-refractivity contribution in [2.24, 2.45) is 5.92 Å². The fourth-order valence-electron chi connectivity index (χ4n) is 3.19. The average Bonchev–Trinajstić information content (AvgIpc) is 2.45. The Morgan fingerprint density at radius 2 is 1.91 bits per heavy atom. The normalized spacial score (nSPS) is 22.4. The molecule has 2 aliphatic rings. The summed E-state index contributed by atoms with van der Waals surface area (Å²) < 4.78 is 0. The van der Waals surface area contributed by atoms with Gasteiger partial charge in [0.2, 0.25) is 11.8 Å². The van der Waals surface area contributed by atoms with Gasteiger partial charge in [-0.3, -0.25) is 9.59 Å². The van der Waals surface area contributed by atoms with E-state index < -0.39 is 6.04 Å². The van der Waals surface area contributed by atoms with Crippen LogP contribution < -0.4 is 5.32 Å². The highest BCUT2D eigenvalue weighted by atomic mass is 16.2. The zero-order valence-corrected chi connectivity index (χ0v) is 13.3. The van der Waals surface area contributed by atoms with Crippen LogP contribution in [0, 0.1) is 5.92 Å². The van der Waals surface area contributed by atoms with E-state index in [1.165, 1.54) is 5.56 Å². The molecule has 1 heterocycles. The number of rotatable bonds is 3. The van der Waals surface area contributed by atoms with Crippen LogP contribution in [0.3, 0.4) is 0 Å². The molecule has 118 valence electrons. The molecule has 3 rings (SSSR count). The first-order chi connectivity index (χ1) is 10.6. The molecule has 2 amide bonds. The van der Waals surface area contributed by atoms with Gasteiger partial charge in [-0.1, -0.05) is 44.5 Å². The van der Waals surface area contributed by atoms with Gasteiger partial charge in [0.25, 0.3) is 0 Å². The first kappa shape index (κ1) is 15.1. The highest BCUT2D eigenvalue weighted by Crippen LogP contribution is 2.33. The number of nitrogens with one attached hydrogen (secondary N) is 1. The number of carbonyl (C=O) groups excluding carboxylic acids is 2. The van der Waals surface area contributed by atoms with E-state index in [4.69, 9.17) is 0 Å². The minimum absolute atomic E-state index is 0.0591. The standard InChI is InChI=1S/C18H24N2O2/c1-12(2)13-6-8-14(9-7-13)16-17(21)19-10-11-20(16)18(22)15-4-3-5-15/h6-9,12,15-16H,3-5,10-11H2,1-2H3,(H,19,21). The SMILES string of the molecule is CC(C)c1ccc(C2C(=O)NCCN2C(=O)C2CCC2)cc1. The second kappa shape index (κ2) is 6.11. The van der Waals surface area contributed by atoms with Crippen molar-refractivity contribution in [3.8, 4) is 0 Å². The monoisotopic (exact) mass is 300 g/mol. The number of carbonyl (C=O) groups is 2. The van der Waals surface area contributed by atoms with E-state index in [9.17, 15) is 9.59 Å². The summed E-state index contributed by atoms with van der Waals surface area (Å²) in [7, 11) is 0. The molecule has 2 fully saturated rings. The lowest BCUT2D eigenvalue weighted by atomic mass is 9.83. The van der Waals surface area contributed by atoms with Crippen molar-refractivity contribution in [2.75, 3.05) is 13.1 Å². The minimum Gasteiger partial charge on any atom is -0.352 e. The molecule has 1 saturated carbocycles. The van der Waals surface area contributed by atoms with Crippen molar-refractivity contribution in [3.05, 3.63) is 35.4 Å². The Bertz CT molecular complexity index is 561. The summed E-state index contributed by atoms with van der Waals surface area (Å²) >= 11 is 0. The van der Waals surface area contributed by atoms with Crippen molar-refractivity contribution >= 4 is 11.8 Å². The van der Waals surface area contributed by atoms with Crippen LogP contribution in [0.2, 0.25) is 0 Å². The van der Waals surface area contributed by atoms with Gasteiger partial charge in [0, 0.05) is 19.0 Å². The Morgan fingerprint density at radius 3 is 2.45 bits per heavy atom. The van der Waals surface area contributed by atoms with Crippen LogP contribution in [0.5, 0.6) is 0 Å². The van der Waals surface area contributed by atoms with Crippen LogP contribution in [0.4, 0.5) is 0 Å². The molecule has 22 heavy (non-hydrogen) atoms. The number of nitrogens with zero attached hydrogens (tertiary/aromatic N) is 1. The highest BCUT2D eigenvalue weighted by molar-refractivity contribution is 5.90. The summed E-state index contributed by atoms with van der Waals surface area (Å²) in [5.41, 5.74) is 2.16. The van der Waals surface area contributed by atoms with Gasteiger partial charge in [0.05, 0.1) is 0 Å². The van der Waals surface area contributed by atoms with Gasteiger partial charge < -0.3 is 10.2 Å². The lowest BCUT2D eigenvalue weighted by Gasteiger charge is -2.39. The van der Waals surface area contributed by atoms with Crippen molar-refractivity contribution < 1.29 is 9.59 Å². The zero-order chi connectivity index (χ0) is 15.7. The van der Waals surface area contributed by atoms with E-state index in [0.29, 0.717) is 19.0 Å². The molecule has 4 nitrogen and oxygen atoms in total. The molecule has 0 aromatic heterocycles. The van der Waals surface area contributed by atoms with E-state index in [1.54, 1.807) is 4.90 Å². The van der Waals surface area contributed by atoms with Gasteiger partial charge in [-0.15, -0.1) is 0 Å². The maximum atomic E-state index is 12.6. The molecule has 1 aliphatic carbocycles. The number of benzene rings is 1. The Morgan fingerprint density at radius 1 is 1.23 bits per heavy atom. The molecular weight excluding hydrogens is 276 g/mol. The molecule has 1 N–H and O–H groups in total. The van der Waals surface area contributed by atoms with E-state index in [-0.39, 0.29) is 17.7 Å². The van der Waals surface area contributed by atoms with Gasteiger partial charge in [0.1, 0.15) is 6.04 Å². The number of hydrogen-bond acceptors (Lipinski definition) is 2. The Balaban J connectivity index is 1.85. The molecule has 1 aliphatic heterocycles. The minimum atomic E-state index is -0.469. The van der Waals surface area contributed by atoms with E-state index in [2.05, 4.69) is 31.3 Å². The third-order valence-corrected chi connectivity index (χ3v) is 4.87. The van der Waals surface area contributed by atoms with Crippen molar-refractivity contribution in [2.45, 2.75) is 45.1 Å². The Hall–Kier alpha value is -1.84. The highest BCUT2D eigenvalue weighted by Gasteiger charge is 2.38. The lowest BCUT2D eigenvalue weighted by Crippen LogP contribution is -2.54. The second-order valence-electron chi connectivity index (χ2n) is 6.67. The van der Waals surface area contributed by atoms with Crippen LogP contribution in [0.1, 0.15) is 56.2 Å². The first-order valence-electron chi connectivity index (χ1n) is 8.26. The average molecular weight is 300 g/mol. The third kappa shape index (κ3) is 2.74. The maximum absolute atomic E-state index is 12.6. The molecule has 1 unspecified atom stereocenters. The van der Waals surface area contributed by atoms with E-state index >= 15 is 0 Å². The largest absolute Gasteiger partial charge is 0.352 e. The second-order valence-corrected chi connectivity index (χ2v) is 6.67. The predicted molar refractivity (Wildman–Crippen MR) is 85.3 cm³/mol. The summed E-state index contributed by atoms with van der Waals surface area (Å²) in [5, 5.41) is 2.89. The van der Waals surface area contributed by atoms with Gasteiger partial charge >= 0.3 is 0 Å². The number of piperazine rings is 1. The van der Waals surface area contributed by atoms with Crippen molar-refractivity contribution in [3.63, 3.8) is 0 Å². The topological polar surface area (TPSA) is 49.4 Å². The van der Waals surface area contributed by atoms with Crippen molar-refractivity contribution in [1.29, 1.82) is 0 Å². The predicted octanol–water partition coefficient (Wildman–Crippen LogP) is 2.61. The summed E-state index contributed by atoms with van der Waals surface area (Å²) in [5.74, 6) is 0.681. The quantitative estimate of drug-likeness (QED) is 0.933. The maximum Gasteiger partial charge on any atom is 0.247 e. The fraction of sp³-hybridized carbons (Fsp3) is 0.556. The van der Waals surface area contributed by atoms with Crippen LogP contribution in [0.25, 0.3) is 0 Å². The number of hydrogen-bond donors (Lipinski definition) is 1. The summed E-state index contributed by atoms with van der Waals surface area (Å²) in [6.45, 7) is 5.46. The van der Waals surface area contributed by atoms with Gasteiger partial charge in [0.15, 0.2) is 0 Å². The molecular formula is C18H24N2O2. The first-order valence-corrected chi connectivity index (χ1v) is 8.26. The molecule has 0 spiro atoms. The molecule has 1 atom stereocenters. The van der Waals surface area contributed by atoms with Gasteiger partial charge in [-0.25, -0.2) is 0 Å². The Kier molecular flexibility index (Phi) is 4.19. The third-order valence-electron chi connectivity index (χ3n) is 4.87. The molecule has 0 bridgehead atoms. The van der Waals surface area contributed by atoms with Crippen LogP contribution in [-0.2, 0) is 9.59 Å². The van der Waals surface area contributed by atoms with E-state index in [0.717, 1.165) is 24.8 Å². The molecule has 1 aromatic rings. The lowest BCUT2D eigenvalue weighted by molar-refractivity contribution is -0.148. The van der Waals surface area contributed by atoms with Crippen LogP contribution in [-0.4, -0.2) is 29.8 Å². The molecule has 0 radical (unpaired) electrons. The molecule has 1 aromatic carbocycles. The molecule has 4 heteroatoms. The van der Waals surface area contributed by atoms with Crippen molar-refractivity contribution in [1.82, 2.24) is 10.2 Å². The summed E-state index contributed by atoms with van der Waals surface area (Å²) in [6.07, 6.45) is 3.07. The zero-order valence-electron chi connectivity index (χ0n) is 13.3. The summed E-state index contributed by atoms with van der Waals surface area (Å²) in [4.78, 5) is 26.8. The smallest absolute Gasteiger partial charge is 0.247 e.